The normalized spacial score (nSPS) is 10.7. The van der Waals surface area contributed by atoms with Gasteiger partial charge in [0.1, 0.15) is 10.6 Å². The second-order valence-corrected chi connectivity index (χ2v) is 6.22. The summed E-state index contributed by atoms with van der Waals surface area (Å²) >= 11 is 1.50. The smallest absolute Gasteiger partial charge is 0.257 e. The topological polar surface area (TPSA) is 84.1 Å². The number of thiazole rings is 1. The molecular weight excluding hydrogens is 302 g/mol. The molecule has 2 N–H and O–H groups in total. The second kappa shape index (κ2) is 6.85. The Balaban J connectivity index is 2.12. The van der Waals surface area contributed by atoms with Crippen molar-refractivity contribution < 1.29 is 9.53 Å². The van der Waals surface area contributed by atoms with E-state index in [1.807, 2.05) is 6.92 Å². The fourth-order valence-electron chi connectivity index (χ4n) is 2.22. The maximum atomic E-state index is 12.2. The highest BCUT2D eigenvalue weighted by Crippen LogP contribution is 2.18. The second-order valence-electron chi connectivity index (χ2n) is 5.05. The number of nitrogens with one attached hydrogen (secondary N) is 2. The molecule has 118 valence electrons. The van der Waals surface area contributed by atoms with Crippen molar-refractivity contribution in [1.29, 1.82) is 0 Å². The fourth-order valence-corrected chi connectivity index (χ4v) is 3.20. The summed E-state index contributed by atoms with van der Waals surface area (Å²) in [6.45, 7) is 6.20. The highest BCUT2D eigenvalue weighted by Gasteiger charge is 2.15. The number of carbonyl (C=O) groups is 1. The zero-order valence-electron chi connectivity index (χ0n) is 13.1. The quantitative estimate of drug-likeness (QED) is 0.880. The van der Waals surface area contributed by atoms with Crippen LogP contribution in [0.25, 0.3) is 0 Å². The molecule has 0 fully saturated rings. The Hall–Kier alpha value is -1.99. The van der Waals surface area contributed by atoms with Gasteiger partial charge in [0.2, 0.25) is 0 Å². The summed E-state index contributed by atoms with van der Waals surface area (Å²) in [4.78, 5) is 32.5. The first-order valence-corrected chi connectivity index (χ1v) is 7.67. The summed E-state index contributed by atoms with van der Waals surface area (Å²) in [7, 11) is 1.62. The standard InChI is InChI=1S/C15H19N3O3S/c1-8-5-11(19)14(10(3)17-8)15(20)16-6-12-9(2)18-13(22-12)7-21-4/h5H,6-7H2,1-4H3,(H,16,20)(H,17,19). The van der Waals surface area contributed by atoms with Crippen molar-refractivity contribution in [2.75, 3.05) is 7.11 Å². The first-order valence-electron chi connectivity index (χ1n) is 6.85. The molecule has 0 bridgehead atoms. The predicted octanol–water partition coefficient (Wildman–Crippen LogP) is 1.83. The number of amides is 1. The zero-order valence-corrected chi connectivity index (χ0v) is 13.9. The van der Waals surface area contributed by atoms with Crippen LogP contribution in [-0.4, -0.2) is 23.0 Å². The largest absolute Gasteiger partial charge is 0.378 e. The molecule has 0 saturated carbocycles. The number of aromatic nitrogens is 2. The minimum absolute atomic E-state index is 0.157. The number of carbonyl (C=O) groups excluding carboxylic acids is 1. The highest BCUT2D eigenvalue weighted by molar-refractivity contribution is 7.11. The highest BCUT2D eigenvalue weighted by atomic mass is 32.1. The molecule has 0 spiro atoms. The third kappa shape index (κ3) is 3.61. The van der Waals surface area contributed by atoms with Gasteiger partial charge in [0.25, 0.3) is 5.91 Å². The van der Waals surface area contributed by atoms with Crippen LogP contribution in [0, 0.1) is 20.8 Å². The van der Waals surface area contributed by atoms with E-state index in [0.29, 0.717) is 18.8 Å². The molecule has 2 aromatic rings. The molecule has 7 heteroatoms. The number of hydrogen-bond acceptors (Lipinski definition) is 5. The van der Waals surface area contributed by atoms with Crippen molar-refractivity contribution in [2.24, 2.45) is 0 Å². The summed E-state index contributed by atoms with van der Waals surface area (Å²) in [6.07, 6.45) is 0. The lowest BCUT2D eigenvalue weighted by Gasteiger charge is -2.07. The predicted molar refractivity (Wildman–Crippen MR) is 85.3 cm³/mol. The molecule has 0 atom stereocenters. The molecule has 2 rings (SSSR count). The van der Waals surface area contributed by atoms with E-state index in [4.69, 9.17) is 4.74 Å². The van der Waals surface area contributed by atoms with E-state index in [0.717, 1.165) is 21.3 Å². The SMILES string of the molecule is COCc1nc(C)c(CNC(=O)c2c(C)[nH]c(C)cc2=O)s1. The summed E-state index contributed by atoms with van der Waals surface area (Å²) < 4.78 is 5.05. The lowest BCUT2D eigenvalue weighted by atomic mass is 10.1. The van der Waals surface area contributed by atoms with Gasteiger partial charge in [0.15, 0.2) is 5.43 Å². The average molecular weight is 321 g/mol. The number of aromatic amines is 1. The first kappa shape index (κ1) is 16.4. The van der Waals surface area contributed by atoms with Gasteiger partial charge in [0, 0.05) is 29.4 Å². The fraction of sp³-hybridized carbons (Fsp3) is 0.400. The Morgan fingerprint density at radius 1 is 1.41 bits per heavy atom. The number of nitrogens with zero attached hydrogens (tertiary/aromatic N) is 1. The van der Waals surface area contributed by atoms with Crippen LogP contribution in [0.1, 0.15) is 37.3 Å². The van der Waals surface area contributed by atoms with Gasteiger partial charge in [-0.25, -0.2) is 4.98 Å². The number of methoxy groups -OCH3 is 1. The molecule has 0 aromatic carbocycles. The summed E-state index contributed by atoms with van der Waals surface area (Å²) in [5.74, 6) is -0.375. The molecule has 0 unspecified atom stereocenters. The van der Waals surface area contributed by atoms with Gasteiger partial charge in [-0.05, 0) is 20.8 Å². The Bertz CT molecular complexity index is 749. The minimum Gasteiger partial charge on any atom is -0.378 e. The Kier molecular flexibility index (Phi) is 5.10. The maximum absolute atomic E-state index is 12.2. The van der Waals surface area contributed by atoms with Crippen LogP contribution >= 0.6 is 11.3 Å². The average Bonchev–Trinajstić information content (AvgIpc) is 2.76. The number of aryl methyl sites for hydroxylation is 3. The van der Waals surface area contributed by atoms with Gasteiger partial charge < -0.3 is 15.0 Å². The van der Waals surface area contributed by atoms with E-state index in [-0.39, 0.29) is 16.9 Å². The molecule has 22 heavy (non-hydrogen) atoms. The molecule has 0 radical (unpaired) electrons. The van der Waals surface area contributed by atoms with E-state index in [1.165, 1.54) is 17.4 Å². The number of rotatable bonds is 5. The number of H-pyrrole nitrogens is 1. The van der Waals surface area contributed by atoms with Gasteiger partial charge >= 0.3 is 0 Å². The van der Waals surface area contributed by atoms with Crippen molar-refractivity contribution >= 4 is 17.2 Å². The molecule has 2 heterocycles. The number of hydrogen-bond donors (Lipinski definition) is 2. The van der Waals surface area contributed by atoms with E-state index < -0.39 is 0 Å². The van der Waals surface area contributed by atoms with Gasteiger partial charge in [-0.3, -0.25) is 9.59 Å². The van der Waals surface area contributed by atoms with Crippen molar-refractivity contribution in [1.82, 2.24) is 15.3 Å². The zero-order chi connectivity index (χ0) is 16.3. The van der Waals surface area contributed by atoms with E-state index in [9.17, 15) is 9.59 Å². The van der Waals surface area contributed by atoms with Crippen molar-refractivity contribution in [3.05, 3.63) is 48.8 Å². The summed E-state index contributed by atoms with van der Waals surface area (Å²) in [5.41, 5.74) is 2.06. The molecule has 6 nitrogen and oxygen atoms in total. The van der Waals surface area contributed by atoms with Crippen LogP contribution in [0.2, 0.25) is 0 Å². The van der Waals surface area contributed by atoms with Crippen LogP contribution < -0.4 is 10.7 Å². The number of pyridine rings is 1. The van der Waals surface area contributed by atoms with Crippen LogP contribution in [-0.2, 0) is 17.9 Å². The molecule has 0 aliphatic rings. The monoisotopic (exact) mass is 321 g/mol. The van der Waals surface area contributed by atoms with Crippen molar-refractivity contribution in [3.63, 3.8) is 0 Å². The van der Waals surface area contributed by atoms with Gasteiger partial charge in [-0.1, -0.05) is 0 Å². The summed E-state index contributed by atoms with van der Waals surface area (Å²) in [6, 6.07) is 1.43. The van der Waals surface area contributed by atoms with E-state index >= 15 is 0 Å². The van der Waals surface area contributed by atoms with Crippen LogP contribution in [0.5, 0.6) is 0 Å². The Morgan fingerprint density at radius 3 is 2.77 bits per heavy atom. The van der Waals surface area contributed by atoms with Crippen molar-refractivity contribution in [2.45, 2.75) is 33.9 Å². The molecule has 0 aliphatic carbocycles. The first-order chi connectivity index (χ1) is 10.4. The Morgan fingerprint density at radius 2 is 2.14 bits per heavy atom. The number of ether oxygens (including phenoxy) is 1. The van der Waals surface area contributed by atoms with Gasteiger partial charge in [0.05, 0.1) is 18.8 Å². The molecular formula is C15H19N3O3S. The van der Waals surface area contributed by atoms with Crippen LogP contribution in [0.4, 0.5) is 0 Å². The lowest BCUT2D eigenvalue weighted by Crippen LogP contribution is -2.29. The van der Waals surface area contributed by atoms with E-state index in [2.05, 4.69) is 15.3 Å². The van der Waals surface area contributed by atoms with Crippen LogP contribution in [0.15, 0.2) is 10.9 Å². The Labute approximate surface area is 132 Å². The third-order valence-corrected chi connectivity index (χ3v) is 4.33. The minimum atomic E-state index is -0.375. The van der Waals surface area contributed by atoms with Gasteiger partial charge in [-0.15, -0.1) is 11.3 Å². The maximum Gasteiger partial charge on any atom is 0.257 e. The molecule has 1 amide bonds. The van der Waals surface area contributed by atoms with Crippen molar-refractivity contribution in [3.8, 4) is 0 Å². The van der Waals surface area contributed by atoms with Crippen LogP contribution in [0.3, 0.4) is 0 Å². The third-order valence-electron chi connectivity index (χ3n) is 3.20. The molecule has 0 aliphatic heterocycles. The lowest BCUT2D eigenvalue weighted by molar-refractivity contribution is 0.0949. The van der Waals surface area contributed by atoms with Gasteiger partial charge in [-0.2, -0.15) is 0 Å². The molecule has 2 aromatic heterocycles. The van der Waals surface area contributed by atoms with E-state index in [1.54, 1.807) is 21.0 Å². The summed E-state index contributed by atoms with van der Waals surface area (Å²) in [5, 5.41) is 3.65. The molecule has 0 saturated heterocycles.